The molecule has 3 rings (SSSR count). The van der Waals surface area contributed by atoms with Crippen molar-refractivity contribution in [2.45, 2.75) is 44.1 Å². The lowest BCUT2D eigenvalue weighted by Crippen LogP contribution is -2.47. The fraction of sp³-hybridized carbons (Fsp3) is 0.632. The summed E-state index contributed by atoms with van der Waals surface area (Å²) in [4.78, 5) is 5.19. The van der Waals surface area contributed by atoms with Gasteiger partial charge in [-0.2, -0.15) is 5.26 Å². The van der Waals surface area contributed by atoms with Gasteiger partial charge in [0.15, 0.2) is 0 Å². The zero-order chi connectivity index (χ0) is 15.4. The standard InChI is InChI=1S/C19H27N3/c1-2-22-12-6-9-18(22)15-21-13-10-19(16-20,11-14-21)17-7-4-3-5-8-17/h3-5,7-8,18H,2,6,9-15H2,1H3. The Labute approximate surface area is 134 Å². The van der Waals surface area contributed by atoms with Crippen molar-refractivity contribution in [1.82, 2.24) is 9.80 Å². The number of likely N-dealkylation sites (N-methyl/N-ethyl adjacent to an activating group) is 1. The summed E-state index contributed by atoms with van der Waals surface area (Å²) >= 11 is 0. The van der Waals surface area contributed by atoms with Crippen LogP contribution in [0.1, 0.15) is 38.2 Å². The van der Waals surface area contributed by atoms with Crippen LogP contribution in [0.4, 0.5) is 0 Å². The highest BCUT2D eigenvalue weighted by Crippen LogP contribution is 2.35. The Morgan fingerprint density at radius 1 is 1.18 bits per heavy atom. The first kappa shape index (κ1) is 15.5. The molecule has 1 unspecified atom stereocenters. The Bertz CT molecular complexity index is 511. The summed E-state index contributed by atoms with van der Waals surface area (Å²) < 4.78 is 0. The van der Waals surface area contributed by atoms with E-state index in [-0.39, 0.29) is 5.41 Å². The highest BCUT2D eigenvalue weighted by Gasteiger charge is 2.37. The number of nitrogens with zero attached hydrogens (tertiary/aromatic N) is 3. The Kier molecular flexibility index (Phi) is 4.81. The molecule has 1 aromatic carbocycles. The minimum absolute atomic E-state index is 0.266. The number of hydrogen-bond acceptors (Lipinski definition) is 3. The molecule has 0 bridgehead atoms. The van der Waals surface area contributed by atoms with Crippen LogP contribution in [0.25, 0.3) is 0 Å². The molecular weight excluding hydrogens is 270 g/mol. The van der Waals surface area contributed by atoms with E-state index in [0.717, 1.165) is 32.0 Å². The molecule has 0 N–H and O–H groups in total. The SMILES string of the molecule is CCN1CCCC1CN1CCC(C#N)(c2ccccc2)CC1. The van der Waals surface area contributed by atoms with E-state index in [0.29, 0.717) is 0 Å². The van der Waals surface area contributed by atoms with E-state index in [1.165, 1.54) is 38.0 Å². The average Bonchev–Trinajstić information content (AvgIpc) is 3.04. The zero-order valence-corrected chi connectivity index (χ0v) is 13.7. The average molecular weight is 297 g/mol. The number of piperidine rings is 1. The maximum Gasteiger partial charge on any atom is 0.0846 e. The van der Waals surface area contributed by atoms with Crippen LogP contribution >= 0.6 is 0 Å². The van der Waals surface area contributed by atoms with Gasteiger partial charge in [0.05, 0.1) is 11.5 Å². The summed E-state index contributed by atoms with van der Waals surface area (Å²) in [6.45, 7) is 7.99. The highest BCUT2D eigenvalue weighted by molar-refractivity contribution is 5.33. The molecule has 0 aliphatic carbocycles. The molecule has 2 aliphatic rings. The smallest absolute Gasteiger partial charge is 0.0846 e. The zero-order valence-electron chi connectivity index (χ0n) is 13.7. The summed E-state index contributed by atoms with van der Waals surface area (Å²) in [5, 5.41) is 9.77. The van der Waals surface area contributed by atoms with Gasteiger partial charge in [-0.05, 0) is 44.3 Å². The Balaban J connectivity index is 1.61. The molecule has 0 amide bonds. The molecule has 22 heavy (non-hydrogen) atoms. The van der Waals surface area contributed by atoms with Crippen molar-refractivity contribution in [2.24, 2.45) is 0 Å². The van der Waals surface area contributed by atoms with Crippen molar-refractivity contribution >= 4 is 0 Å². The van der Waals surface area contributed by atoms with Crippen LogP contribution in [0.2, 0.25) is 0 Å². The van der Waals surface area contributed by atoms with E-state index in [1.54, 1.807) is 0 Å². The molecule has 118 valence electrons. The third-order valence-corrected chi connectivity index (χ3v) is 5.62. The molecule has 0 spiro atoms. The maximum atomic E-state index is 9.77. The van der Waals surface area contributed by atoms with Crippen molar-refractivity contribution in [3.05, 3.63) is 35.9 Å². The monoisotopic (exact) mass is 297 g/mol. The third-order valence-electron chi connectivity index (χ3n) is 5.62. The largest absolute Gasteiger partial charge is 0.302 e. The van der Waals surface area contributed by atoms with Crippen LogP contribution in [0.3, 0.4) is 0 Å². The molecule has 2 aliphatic heterocycles. The lowest BCUT2D eigenvalue weighted by atomic mass is 9.74. The fourth-order valence-electron chi connectivity index (χ4n) is 4.16. The van der Waals surface area contributed by atoms with Crippen molar-refractivity contribution in [2.75, 3.05) is 32.7 Å². The molecule has 1 aromatic rings. The molecule has 0 saturated carbocycles. The van der Waals surface area contributed by atoms with Crippen molar-refractivity contribution in [3.8, 4) is 6.07 Å². The molecule has 1 atom stereocenters. The Morgan fingerprint density at radius 3 is 2.55 bits per heavy atom. The van der Waals surface area contributed by atoms with Crippen LogP contribution in [0.15, 0.2) is 30.3 Å². The van der Waals surface area contributed by atoms with Crippen LogP contribution in [-0.4, -0.2) is 48.6 Å². The number of nitriles is 1. The second kappa shape index (κ2) is 6.81. The van der Waals surface area contributed by atoms with E-state index in [9.17, 15) is 5.26 Å². The van der Waals surface area contributed by atoms with Gasteiger partial charge < -0.3 is 4.90 Å². The second-order valence-corrected chi connectivity index (χ2v) is 6.79. The van der Waals surface area contributed by atoms with Crippen molar-refractivity contribution in [3.63, 3.8) is 0 Å². The molecule has 2 saturated heterocycles. The van der Waals surface area contributed by atoms with Gasteiger partial charge in [0, 0.05) is 25.7 Å². The number of hydrogen-bond donors (Lipinski definition) is 0. The number of rotatable bonds is 4. The van der Waals surface area contributed by atoms with Crippen molar-refractivity contribution < 1.29 is 0 Å². The molecule has 3 heteroatoms. The molecule has 0 radical (unpaired) electrons. The number of likely N-dealkylation sites (tertiary alicyclic amines) is 2. The van der Waals surface area contributed by atoms with Gasteiger partial charge in [-0.1, -0.05) is 37.3 Å². The van der Waals surface area contributed by atoms with Crippen LogP contribution in [0.5, 0.6) is 0 Å². The van der Waals surface area contributed by atoms with E-state index in [4.69, 9.17) is 0 Å². The topological polar surface area (TPSA) is 30.3 Å². The van der Waals surface area contributed by atoms with Crippen molar-refractivity contribution in [1.29, 1.82) is 5.26 Å². The third kappa shape index (κ3) is 3.04. The summed E-state index contributed by atoms with van der Waals surface area (Å²) in [5.41, 5.74) is 0.936. The van der Waals surface area contributed by atoms with Crippen LogP contribution in [-0.2, 0) is 5.41 Å². The van der Waals surface area contributed by atoms with Gasteiger partial charge in [-0.15, -0.1) is 0 Å². The van der Waals surface area contributed by atoms with Gasteiger partial charge in [-0.25, -0.2) is 0 Å². The second-order valence-electron chi connectivity index (χ2n) is 6.79. The predicted octanol–water partition coefficient (Wildman–Crippen LogP) is 3.03. The first-order chi connectivity index (χ1) is 10.8. The van der Waals surface area contributed by atoms with E-state index >= 15 is 0 Å². The molecular formula is C19H27N3. The van der Waals surface area contributed by atoms with Gasteiger partial charge in [0.25, 0.3) is 0 Å². The van der Waals surface area contributed by atoms with Gasteiger partial charge >= 0.3 is 0 Å². The molecule has 2 heterocycles. The minimum Gasteiger partial charge on any atom is -0.302 e. The fourth-order valence-corrected chi connectivity index (χ4v) is 4.16. The summed E-state index contributed by atoms with van der Waals surface area (Å²) in [7, 11) is 0. The Morgan fingerprint density at radius 2 is 1.91 bits per heavy atom. The summed E-state index contributed by atoms with van der Waals surface area (Å²) in [6, 6.07) is 13.7. The minimum atomic E-state index is -0.266. The highest BCUT2D eigenvalue weighted by atomic mass is 15.2. The lowest BCUT2D eigenvalue weighted by molar-refractivity contribution is 0.136. The van der Waals surface area contributed by atoms with Gasteiger partial charge in [0.2, 0.25) is 0 Å². The van der Waals surface area contributed by atoms with Gasteiger partial charge in [0.1, 0.15) is 0 Å². The Hall–Kier alpha value is -1.37. The summed E-state index contributed by atoms with van der Waals surface area (Å²) in [6.07, 6.45) is 4.61. The molecule has 0 aromatic heterocycles. The lowest BCUT2D eigenvalue weighted by Gasteiger charge is -2.39. The normalized spacial score (nSPS) is 25.9. The molecule has 3 nitrogen and oxygen atoms in total. The maximum absolute atomic E-state index is 9.77. The molecule has 2 fully saturated rings. The first-order valence-corrected chi connectivity index (χ1v) is 8.70. The first-order valence-electron chi connectivity index (χ1n) is 8.70. The predicted molar refractivity (Wildman–Crippen MR) is 89.7 cm³/mol. The number of benzene rings is 1. The van der Waals surface area contributed by atoms with Gasteiger partial charge in [-0.3, -0.25) is 4.90 Å². The van der Waals surface area contributed by atoms with Crippen LogP contribution in [0, 0.1) is 11.3 Å². The van der Waals surface area contributed by atoms with E-state index in [1.807, 2.05) is 6.07 Å². The summed E-state index contributed by atoms with van der Waals surface area (Å²) in [5.74, 6) is 0. The van der Waals surface area contributed by atoms with Crippen LogP contribution < -0.4 is 0 Å². The van der Waals surface area contributed by atoms with E-state index in [2.05, 4.69) is 47.1 Å². The van der Waals surface area contributed by atoms with E-state index < -0.39 is 0 Å². The quantitative estimate of drug-likeness (QED) is 0.856.